The molecule has 0 rings (SSSR count). The maximum atomic E-state index is 11.6. The van der Waals surface area contributed by atoms with Crippen LogP contribution in [0.15, 0.2) is 4.99 Å². The number of hydrogen-bond donors (Lipinski definition) is 2. The molecule has 0 bridgehead atoms. The summed E-state index contributed by atoms with van der Waals surface area (Å²) >= 11 is 0. The molecule has 0 atom stereocenters. The molecule has 5 nitrogen and oxygen atoms in total. The summed E-state index contributed by atoms with van der Waals surface area (Å²) in [7, 11) is -3.11. The molecule has 0 saturated carbocycles. The van der Waals surface area contributed by atoms with Crippen LogP contribution in [0.3, 0.4) is 0 Å². The second kappa shape index (κ2) is 9.21. The topological polar surface area (TPSA) is 70.6 Å². The Labute approximate surface area is 124 Å². The molecule has 0 amide bonds. The highest BCUT2D eigenvalue weighted by molar-refractivity contribution is 7.92. The summed E-state index contributed by atoms with van der Waals surface area (Å²) in [5, 5.41) is 6.39. The van der Waals surface area contributed by atoms with E-state index in [9.17, 15) is 8.42 Å². The summed E-state index contributed by atoms with van der Waals surface area (Å²) < 4.78 is 22.5. The van der Waals surface area contributed by atoms with E-state index in [1.165, 1.54) is 25.5 Å². The Morgan fingerprint density at radius 2 is 1.75 bits per heavy atom. The van der Waals surface area contributed by atoms with E-state index in [0.717, 1.165) is 19.5 Å². The Hall–Kier alpha value is -0.780. The van der Waals surface area contributed by atoms with Crippen LogP contribution in [-0.2, 0) is 9.84 Å². The van der Waals surface area contributed by atoms with Crippen molar-refractivity contribution in [2.24, 2.45) is 4.99 Å². The molecular weight excluding hydrogens is 274 g/mol. The molecule has 6 heteroatoms. The van der Waals surface area contributed by atoms with Crippen molar-refractivity contribution < 1.29 is 8.42 Å². The summed E-state index contributed by atoms with van der Waals surface area (Å²) in [4.78, 5) is 4.38. The Morgan fingerprint density at radius 1 is 1.10 bits per heavy atom. The van der Waals surface area contributed by atoms with E-state index in [1.54, 1.807) is 13.8 Å². The second-order valence-corrected chi connectivity index (χ2v) is 8.36. The number of aliphatic imine (C=N–C) groups is 1. The number of hydrogen-bond acceptors (Lipinski definition) is 3. The van der Waals surface area contributed by atoms with Crippen LogP contribution in [0, 0.1) is 0 Å². The summed E-state index contributed by atoms with van der Waals surface area (Å²) in [5.74, 6) is 0.695. The molecule has 0 spiro atoms. The van der Waals surface area contributed by atoms with E-state index < -0.39 is 14.6 Å². The van der Waals surface area contributed by atoms with Crippen molar-refractivity contribution in [2.45, 2.75) is 58.1 Å². The van der Waals surface area contributed by atoms with E-state index in [2.05, 4.69) is 22.5 Å². The van der Waals surface area contributed by atoms with Gasteiger partial charge in [0, 0.05) is 19.3 Å². The monoisotopic (exact) mass is 305 g/mol. The van der Waals surface area contributed by atoms with Gasteiger partial charge in [-0.3, -0.25) is 4.99 Å². The lowest BCUT2D eigenvalue weighted by molar-refractivity contribution is 0.554. The van der Waals surface area contributed by atoms with Gasteiger partial charge >= 0.3 is 0 Å². The molecule has 0 aromatic rings. The molecule has 20 heavy (non-hydrogen) atoms. The lowest BCUT2D eigenvalue weighted by Crippen LogP contribution is -2.40. The molecule has 0 aliphatic heterocycles. The van der Waals surface area contributed by atoms with Crippen molar-refractivity contribution in [3.63, 3.8) is 0 Å². The number of sulfone groups is 1. The van der Waals surface area contributed by atoms with Crippen molar-refractivity contribution in [3.8, 4) is 0 Å². The SMILES string of the molecule is CCCCCCNC(=NCC(C)(C)S(C)(=O)=O)NCC. The first-order chi connectivity index (χ1) is 9.24. The summed E-state index contributed by atoms with van der Waals surface area (Å²) in [6.45, 7) is 9.48. The van der Waals surface area contributed by atoms with E-state index in [1.807, 2.05) is 6.92 Å². The molecule has 0 aromatic carbocycles. The molecule has 2 N–H and O–H groups in total. The van der Waals surface area contributed by atoms with Crippen LogP contribution in [0.4, 0.5) is 0 Å². The van der Waals surface area contributed by atoms with Gasteiger partial charge in [0.25, 0.3) is 0 Å². The van der Waals surface area contributed by atoms with Gasteiger partial charge in [0.15, 0.2) is 15.8 Å². The maximum Gasteiger partial charge on any atom is 0.191 e. The molecule has 0 unspecified atom stereocenters. The highest BCUT2D eigenvalue weighted by atomic mass is 32.2. The third-order valence-electron chi connectivity index (χ3n) is 3.29. The molecule has 0 aliphatic carbocycles. The van der Waals surface area contributed by atoms with Crippen LogP contribution >= 0.6 is 0 Å². The Kier molecular flexibility index (Phi) is 8.85. The van der Waals surface area contributed by atoms with Crippen LogP contribution in [0.25, 0.3) is 0 Å². The van der Waals surface area contributed by atoms with Crippen LogP contribution in [-0.4, -0.2) is 45.0 Å². The van der Waals surface area contributed by atoms with Gasteiger partial charge in [-0.15, -0.1) is 0 Å². The number of unbranched alkanes of at least 4 members (excludes halogenated alkanes) is 3. The third kappa shape index (κ3) is 7.72. The fourth-order valence-electron chi connectivity index (χ4n) is 1.49. The lowest BCUT2D eigenvalue weighted by Gasteiger charge is -2.21. The van der Waals surface area contributed by atoms with Crippen LogP contribution in [0.5, 0.6) is 0 Å². The summed E-state index contributed by atoms with van der Waals surface area (Å²) in [6.07, 6.45) is 6.03. The smallest absolute Gasteiger partial charge is 0.191 e. The molecular formula is C14H31N3O2S. The van der Waals surface area contributed by atoms with Gasteiger partial charge in [-0.25, -0.2) is 8.42 Å². The maximum absolute atomic E-state index is 11.6. The van der Waals surface area contributed by atoms with Gasteiger partial charge in [-0.05, 0) is 27.2 Å². The second-order valence-electron chi connectivity index (χ2n) is 5.71. The quantitative estimate of drug-likeness (QED) is 0.388. The van der Waals surface area contributed by atoms with Gasteiger partial charge in [-0.1, -0.05) is 26.2 Å². The fraction of sp³-hybridized carbons (Fsp3) is 0.929. The average molecular weight is 305 g/mol. The van der Waals surface area contributed by atoms with E-state index in [4.69, 9.17) is 0 Å². The van der Waals surface area contributed by atoms with Crippen LogP contribution in [0.2, 0.25) is 0 Å². The van der Waals surface area contributed by atoms with E-state index >= 15 is 0 Å². The lowest BCUT2D eigenvalue weighted by atomic mass is 10.2. The van der Waals surface area contributed by atoms with Gasteiger partial charge in [0.2, 0.25) is 0 Å². The van der Waals surface area contributed by atoms with Crippen LogP contribution in [0.1, 0.15) is 53.4 Å². The first-order valence-corrected chi connectivity index (χ1v) is 9.35. The normalized spacial score (nSPS) is 13.3. The van der Waals surface area contributed by atoms with Gasteiger partial charge in [0.1, 0.15) is 0 Å². The van der Waals surface area contributed by atoms with Crippen molar-refractivity contribution in [2.75, 3.05) is 25.9 Å². The molecule has 0 heterocycles. The first-order valence-electron chi connectivity index (χ1n) is 7.46. The number of nitrogens with one attached hydrogen (secondary N) is 2. The summed E-state index contributed by atoms with van der Waals surface area (Å²) in [6, 6.07) is 0. The van der Waals surface area contributed by atoms with Gasteiger partial charge in [-0.2, -0.15) is 0 Å². The van der Waals surface area contributed by atoms with Crippen LogP contribution < -0.4 is 10.6 Å². The minimum atomic E-state index is -3.11. The minimum Gasteiger partial charge on any atom is -0.357 e. The Balaban J connectivity index is 4.40. The van der Waals surface area contributed by atoms with Crippen molar-refractivity contribution in [1.82, 2.24) is 10.6 Å². The van der Waals surface area contributed by atoms with E-state index in [-0.39, 0.29) is 6.54 Å². The Bertz CT molecular complexity index is 389. The third-order valence-corrected chi connectivity index (χ3v) is 5.43. The zero-order chi connectivity index (χ0) is 15.6. The molecule has 0 saturated heterocycles. The molecule has 0 radical (unpaired) electrons. The first kappa shape index (κ1) is 19.2. The zero-order valence-corrected chi connectivity index (χ0v) is 14.4. The molecule has 0 fully saturated rings. The Morgan fingerprint density at radius 3 is 2.25 bits per heavy atom. The van der Waals surface area contributed by atoms with Crippen molar-refractivity contribution in [1.29, 1.82) is 0 Å². The summed E-state index contributed by atoms with van der Waals surface area (Å²) in [5.41, 5.74) is 0. The highest BCUT2D eigenvalue weighted by Crippen LogP contribution is 2.15. The average Bonchev–Trinajstić information content (AvgIpc) is 2.34. The highest BCUT2D eigenvalue weighted by Gasteiger charge is 2.29. The predicted molar refractivity (Wildman–Crippen MR) is 87.0 cm³/mol. The largest absolute Gasteiger partial charge is 0.357 e. The van der Waals surface area contributed by atoms with Crippen molar-refractivity contribution in [3.05, 3.63) is 0 Å². The number of guanidine groups is 1. The molecule has 0 aromatic heterocycles. The molecule has 120 valence electrons. The minimum absolute atomic E-state index is 0.260. The standard InChI is InChI=1S/C14H31N3O2S/c1-6-8-9-10-11-16-13(15-7-2)17-12-14(3,4)20(5,18)19/h6-12H2,1-5H3,(H2,15,16,17). The van der Waals surface area contributed by atoms with Gasteiger partial charge in [0.05, 0.1) is 11.3 Å². The predicted octanol–water partition coefficient (Wildman–Crippen LogP) is 1.95. The number of rotatable bonds is 9. The number of nitrogens with zero attached hydrogens (tertiary/aromatic N) is 1. The van der Waals surface area contributed by atoms with Crippen molar-refractivity contribution >= 4 is 15.8 Å². The zero-order valence-electron chi connectivity index (χ0n) is 13.6. The molecule has 0 aliphatic rings. The van der Waals surface area contributed by atoms with Gasteiger partial charge < -0.3 is 10.6 Å². The fourth-order valence-corrected chi connectivity index (χ4v) is 1.79. The van der Waals surface area contributed by atoms with E-state index in [0.29, 0.717) is 5.96 Å².